The van der Waals surface area contributed by atoms with E-state index in [2.05, 4.69) is 6.92 Å². The van der Waals surface area contributed by atoms with Crippen molar-refractivity contribution in [3.63, 3.8) is 0 Å². The molecule has 0 aliphatic rings. The first-order chi connectivity index (χ1) is 10.7. The highest BCUT2D eigenvalue weighted by Crippen LogP contribution is 2.21. The molecule has 0 N–H and O–H groups in total. The van der Waals surface area contributed by atoms with Gasteiger partial charge < -0.3 is 9.47 Å². The van der Waals surface area contributed by atoms with E-state index in [-0.39, 0.29) is 0 Å². The zero-order valence-corrected chi connectivity index (χ0v) is 12.4. The first-order valence-electron chi connectivity index (χ1n) is 7.18. The molecule has 4 nitrogen and oxygen atoms in total. The van der Waals surface area contributed by atoms with Crippen LogP contribution in [0.15, 0.2) is 48.5 Å². The first kappa shape index (κ1) is 15.6. The van der Waals surface area contributed by atoms with E-state index < -0.39 is 5.97 Å². The van der Waals surface area contributed by atoms with Gasteiger partial charge in [0.15, 0.2) is 0 Å². The van der Waals surface area contributed by atoms with Gasteiger partial charge in [-0.1, -0.05) is 25.5 Å². The number of nitrogens with zero attached hydrogens (tertiary/aromatic N) is 1. The Bertz CT molecular complexity index is 671. The lowest BCUT2D eigenvalue weighted by Crippen LogP contribution is -2.11. The summed E-state index contributed by atoms with van der Waals surface area (Å²) in [6, 6.07) is 15.4. The number of ether oxygens (including phenoxy) is 2. The van der Waals surface area contributed by atoms with Gasteiger partial charge in [0.05, 0.1) is 18.2 Å². The lowest BCUT2D eigenvalue weighted by molar-refractivity contribution is 0.0730. The van der Waals surface area contributed by atoms with E-state index in [1.54, 1.807) is 42.5 Å². The normalized spacial score (nSPS) is 9.82. The molecule has 0 saturated heterocycles. The fourth-order valence-corrected chi connectivity index (χ4v) is 1.85. The highest BCUT2D eigenvalue weighted by molar-refractivity contribution is 5.93. The second-order valence-corrected chi connectivity index (χ2v) is 4.72. The lowest BCUT2D eigenvalue weighted by Gasteiger charge is -2.10. The smallest absolute Gasteiger partial charge is 0.347 e. The van der Waals surface area contributed by atoms with Crippen LogP contribution in [0.5, 0.6) is 11.5 Å². The number of para-hydroxylation sites is 1. The standard InChI is InChI=1S/C18H17NO3/c1-2-3-12-21-17-7-5-4-6-16(17)18(20)22-15-10-8-14(13-19)9-11-15/h4-11H,2-3,12H2,1H3. The number of carbonyl (C=O) groups excluding carboxylic acids is 1. The summed E-state index contributed by atoms with van der Waals surface area (Å²) in [6.45, 7) is 2.64. The van der Waals surface area contributed by atoms with Gasteiger partial charge in [0.1, 0.15) is 17.1 Å². The van der Waals surface area contributed by atoms with Crippen LogP contribution in [0.2, 0.25) is 0 Å². The molecule has 0 atom stereocenters. The molecule has 0 aromatic heterocycles. The average molecular weight is 295 g/mol. The summed E-state index contributed by atoms with van der Waals surface area (Å²) < 4.78 is 10.9. The van der Waals surface area contributed by atoms with Crippen molar-refractivity contribution in [3.05, 3.63) is 59.7 Å². The predicted molar refractivity (Wildman–Crippen MR) is 83.0 cm³/mol. The van der Waals surface area contributed by atoms with Crippen molar-refractivity contribution < 1.29 is 14.3 Å². The topological polar surface area (TPSA) is 59.3 Å². The Morgan fingerprint density at radius 1 is 1.14 bits per heavy atom. The predicted octanol–water partition coefficient (Wildman–Crippen LogP) is 3.96. The van der Waals surface area contributed by atoms with Crippen molar-refractivity contribution in [1.82, 2.24) is 0 Å². The van der Waals surface area contributed by atoms with Crippen molar-refractivity contribution in [2.24, 2.45) is 0 Å². The number of esters is 1. The van der Waals surface area contributed by atoms with Gasteiger partial charge in [-0.15, -0.1) is 0 Å². The Labute approximate surface area is 129 Å². The Hall–Kier alpha value is -2.80. The molecule has 0 aliphatic heterocycles. The second kappa shape index (κ2) is 7.84. The molecule has 112 valence electrons. The van der Waals surface area contributed by atoms with Crippen molar-refractivity contribution in [2.75, 3.05) is 6.61 Å². The summed E-state index contributed by atoms with van der Waals surface area (Å²) in [4.78, 5) is 12.3. The molecule has 0 unspecified atom stereocenters. The quantitative estimate of drug-likeness (QED) is 0.460. The van der Waals surface area contributed by atoms with Gasteiger partial charge in [-0.3, -0.25) is 0 Å². The largest absolute Gasteiger partial charge is 0.493 e. The molecule has 0 fully saturated rings. The van der Waals surface area contributed by atoms with Crippen molar-refractivity contribution in [1.29, 1.82) is 5.26 Å². The minimum atomic E-state index is -0.475. The summed E-state index contributed by atoms with van der Waals surface area (Å²) in [5, 5.41) is 8.75. The third kappa shape index (κ3) is 4.10. The van der Waals surface area contributed by atoms with Crippen LogP contribution in [-0.4, -0.2) is 12.6 Å². The Morgan fingerprint density at radius 3 is 2.55 bits per heavy atom. The van der Waals surface area contributed by atoms with Crippen LogP contribution in [0.25, 0.3) is 0 Å². The van der Waals surface area contributed by atoms with Gasteiger partial charge >= 0.3 is 5.97 Å². The third-order valence-electron chi connectivity index (χ3n) is 3.06. The van der Waals surface area contributed by atoms with Crippen LogP contribution in [-0.2, 0) is 0 Å². The molecule has 0 amide bonds. The van der Waals surface area contributed by atoms with Crippen LogP contribution in [0.3, 0.4) is 0 Å². The van der Waals surface area contributed by atoms with E-state index >= 15 is 0 Å². The maximum absolute atomic E-state index is 12.3. The van der Waals surface area contributed by atoms with Gasteiger partial charge in [-0.2, -0.15) is 5.26 Å². The monoisotopic (exact) mass is 295 g/mol. The Kier molecular flexibility index (Phi) is 5.56. The van der Waals surface area contributed by atoms with E-state index in [0.717, 1.165) is 12.8 Å². The Morgan fingerprint density at radius 2 is 1.86 bits per heavy atom. The molecule has 2 rings (SSSR count). The summed E-state index contributed by atoms with van der Waals surface area (Å²) in [7, 11) is 0. The number of unbranched alkanes of at least 4 members (excludes halogenated alkanes) is 1. The number of rotatable bonds is 6. The molecule has 0 bridgehead atoms. The molecule has 2 aromatic rings. The summed E-state index contributed by atoms with van der Waals surface area (Å²) in [6.07, 6.45) is 1.96. The molecule has 4 heteroatoms. The van der Waals surface area contributed by atoms with Crippen LogP contribution in [0.4, 0.5) is 0 Å². The van der Waals surface area contributed by atoms with Crippen molar-refractivity contribution >= 4 is 5.97 Å². The number of hydrogen-bond donors (Lipinski definition) is 0. The van der Waals surface area contributed by atoms with E-state index in [0.29, 0.717) is 29.2 Å². The molecular formula is C18H17NO3. The van der Waals surface area contributed by atoms with Gasteiger partial charge in [0, 0.05) is 0 Å². The van der Waals surface area contributed by atoms with Gasteiger partial charge in [0.2, 0.25) is 0 Å². The van der Waals surface area contributed by atoms with E-state index in [1.807, 2.05) is 12.1 Å². The van der Waals surface area contributed by atoms with E-state index in [9.17, 15) is 4.79 Å². The lowest BCUT2D eigenvalue weighted by atomic mass is 10.2. The van der Waals surface area contributed by atoms with Crippen LogP contribution >= 0.6 is 0 Å². The fourth-order valence-electron chi connectivity index (χ4n) is 1.85. The van der Waals surface area contributed by atoms with Crippen LogP contribution < -0.4 is 9.47 Å². The average Bonchev–Trinajstić information content (AvgIpc) is 2.56. The molecule has 0 heterocycles. The minimum Gasteiger partial charge on any atom is -0.493 e. The maximum atomic E-state index is 12.3. The van der Waals surface area contributed by atoms with E-state index in [4.69, 9.17) is 14.7 Å². The maximum Gasteiger partial charge on any atom is 0.347 e. The van der Waals surface area contributed by atoms with Crippen LogP contribution in [0, 0.1) is 11.3 Å². The highest BCUT2D eigenvalue weighted by atomic mass is 16.5. The third-order valence-corrected chi connectivity index (χ3v) is 3.06. The number of hydrogen-bond acceptors (Lipinski definition) is 4. The zero-order chi connectivity index (χ0) is 15.8. The highest BCUT2D eigenvalue weighted by Gasteiger charge is 2.14. The van der Waals surface area contributed by atoms with Gasteiger partial charge in [-0.05, 0) is 42.8 Å². The number of benzene rings is 2. The van der Waals surface area contributed by atoms with Gasteiger partial charge in [-0.25, -0.2) is 4.79 Å². The summed E-state index contributed by atoms with van der Waals surface area (Å²) in [5.41, 5.74) is 0.908. The number of nitriles is 1. The van der Waals surface area contributed by atoms with E-state index in [1.165, 1.54) is 0 Å². The minimum absolute atomic E-state index is 0.392. The van der Waals surface area contributed by atoms with Crippen molar-refractivity contribution in [3.8, 4) is 17.6 Å². The molecule has 0 radical (unpaired) electrons. The summed E-state index contributed by atoms with van der Waals surface area (Å²) in [5.74, 6) is 0.443. The molecule has 2 aromatic carbocycles. The van der Waals surface area contributed by atoms with Crippen molar-refractivity contribution in [2.45, 2.75) is 19.8 Å². The first-order valence-corrected chi connectivity index (χ1v) is 7.18. The molecule has 22 heavy (non-hydrogen) atoms. The van der Waals surface area contributed by atoms with Crippen LogP contribution in [0.1, 0.15) is 35.7 Å². The summed E-state index contributed by atoms with van der Waals surface area (Å²) >= 11 is 0. The molecule has 0 aliphatic carbocycles. The zero-order valence-electron chi connectivity index (χ0n) is 12.4. The molecule has 0 spiro atoms. The number of carbonyl (C=O) groups is 1. The molecular weight excluding hydrogens is 278 g/mol. The molecule has 0 saturated carbocycles. The SMILES string of the molecule is CCCCOc1ccccc1C(=O)Oc1ccc(C#N)cc1. The van der Waals surface area contributed by atoms with Gasteiger partial charge in [0.25, 0.3) is 0 Å². The second-order valence-electron chi connectivity index (χ2n) is 4.72. The Balaban J connectivity index is 2.10. The fraction of sp³-hybridized carbons (Fsp3) is 0.222.